The third kappa shape index (κ3) is 5.51. The molecule has 1 atom stereocenters. The van der Waals surface area contributed by atoms with E-state index in [0.29, 0.717) is 19.5 Å². The lowest BCUT2D eigenvalue weighted by Crippen LogP contribution is -2.49. The number of amides is 2. The van der Waals surface area contributed by atoms with Crippen LogP contribution in [0.15, 0.2) is 18.2 Å². The van der Waals surface area contributed by atoms with Gasteiger partial charge in [0.15, 0.2) is 0 Å². The van der Waals surface area contributed by atoms with Gasteiger partial charge in [-0.05, 0) is 38.3 Å². The average molecular weight is 353 g/mol. The predicted octanol–water partition coefficient (Wildman–Crippen LogP) is 2.75. The summed E-state index contributed by atoms with van der Waals surface area (Å²) >= 11 is 0. The Hall–Kier alpha value is -2.51. The first-order chi connectivity index (χ1) is 11.7. The number of rotatable bonds is 8. The van der Waals surface area contributed by atoms with Crippen molar-refractivity contribution in [3.8, 4) is 0 Å². The Bertz CT molecular complexity index is 645. The quantitative estimate of drug-likeness (QED) is 0.574. The number of likely N-dealkylation sites (N-methyl/N-ethyl adjacent to an activating group) is 1. The van der Waals surface area contributed by atoms with Crippen molar-refractivity contribution in [2.24, 2.45) is 5.92 Å². The molecule has 0 unspecified atom stereocenters. The maximum atomic E-state index is 13.4. The van der Waals surface area contributed by atoms with E-state index in [1.165, 1.54) is 0 Å². The molecule has 0 saturated carbocycles. The summed E-state index contributed by atoms with van der Waals surface area (Å²) < 4.78 is 13.4. The van der Waals surface area contributed by atoms with Crippen molar-refractivity contribution in [1.82, 2.24) is 10.2 Å². The first-order valence-electron chi connectivity index (χ1n) is 8.24. The van der Waals surface area contributed by atoms with Gasteiger partial charge in [0.2, 0.25) is 11.7 Å². The van der Waals surface area contributed by atoms with E-state index in [0.717, 1.165) is 18.2 Å². The Morgan fingerprint density at radius 3 is 2.36 bits per heavy atom. The lowest BCUT2D eigenvalue weighted by atomic mass is 10.0. The van der Waals surface area contributed by atoms with Gasteiger partial charge in [-0.15, -0.1) is 0 Å². The van der Waals surface area contributed by atoms with Crippen molar-refractivity contribution in [1.29, 1.82) is 0 Å². The molecule has 0 radical (unpaired) electrons. The lowest BCUT2D eigenvalue weighted by molar-refractivity contribution is -0.387. The normalized spacial score (nSPS) is 11.9. The van der Waals surface area contributed by atoms with Crippen LogP contribution in [0.2, 0.25) is 0 Å². The first-order valence-corrected chi connectivity index (χ1v) is 8.24. The number of benzene rings is 1. The number of hydrogen-bond donors (Lipinski definition) is 1. The maximum Gasteiger partial charge on any atom is 0.305 e. The number of nitro benzene ring substituents is 1. The van der Waals surface area contributed by atoms with E-state index in [4.69, 9.17) is 0 Å². The number of halogens is 1. The molecule has 7 nitrogen and oxygen atoms in total. The number of nitrogens with one attached hydrogen (secondary N) is 1. The van der Waals surface area contributed by atoms with Crippen LogP contribution in [0.25, 0.3) is 0 Å². The second-order valence-electron chi connectivity index (χ2n) is 6.09. The molecule has 138 valence electrons. The summed E-state index contributed by atoms with van der Waals surface area (Å²) in [6.45, 7) is 8.58. The van der Waals surface area contributed by atoms with E-state index >= 15 is 0 Å². The zero-order valence-electron chi connectivity index (χ0n) is 14.9. The third-order valence-electron chi connectivity index (χ3n) is 3.79. The molecule has 2 amide bonds. The molecule has 0 aromatic heterocycles. The topological polar surface area (TPSA) is 92.6 Å². The number of hydrogen-bond acceptors (Lipinski definition) is 4. The lowest BCUT2D eigenvalue weighted by Gasteiger charge is -2.27. The van der Waals surface area contributed by atoms with Crippen LogP contribution < -0.4 is 5.32 Å². The summed E-state index contributed by atoms with van der Waals surface area (Å²) in [6, 6.07) is 2.17. The van der Waals surface area contributed by atoms with Crippen molar-refractivity contribution in [2.45, 2.75) is 40.2 Å². The fraction of sp³-hybridized carbons (Fsp3) is 0.529. The van der Waals surface area contributed by atoms with Crippen molar-refractivity contribution < 1.29 is 18.9 Å². The minimum atomic E-state index is -1.01. The van der Waals surface area contributed by atoms with Gasteiger partial charge in [-0.1, -0.05) is 13.8 Å². The van der Waals surface area contributed by atoms with Gasteiger partial charge in [0.25, 0.3) is 5.91 Å². The Morgan fingerprint density at radius 2 is 1.88 bits per heavy atom. The van der Waals surface area contributed by atoms with Crippen molar-refractivity contribution in [2.75, 3.05) is 13.1 Å². The first kappa shape index (κ1) is 20.5. The smallest absolute Gasteiger partial charge is 0.305 e. The molecule has 0 aliphatic heterocycles. The van der Waals surface area contributed by atoms with Crippen LogP contribution in [0.1, 0.15) is 44.5 Å². The van der Waals surface area contributed by atoms with Gasteiger partial charge in [0.1, 0.15) is 6.04 Å². The van der Waals surface area contributed by atoms with Crippen molar-refractivity contribution >= 4 is 17.5 Å². The van der Waals surface area contributed by atoms with E-state index in [9.17, 15) is 24.1 Å². The minimum Gasteiger partial charge on any atom is -0.341 e. The zero-order valence-corrected chi connectivity index (χ0v) is 14.9. The SMILES string of the molecule is CCN(CC)C(=O)[C@@H](CC(C)C)NC(=O)c1ccc(F)c([N+](=O)[O-])c1. The number of carbonyl (C=O) groups is 2. The Balaban J connectivity index is 3.04. The Morgan fingerprint density at radius 1 is 1.28 bits per heavy atom. The molecular weight excluding hydrogens is 329 g/mol. The van der Waals surface area contributed by atoms with Gasteiger partial charge in [-0.3, -0.25) is 19.7 Å². The largest absolute Gasteiger partial charge is 0.341 e. The second-order valence-corrected chi connectivity index (χ2v) is 6.09. The monoisotopic (exact) mass is 353 g/mol. The number of carbonyl (C=O) groups excluding carboxylic acids is 2. The fourth-order valence-corrected chi connectivity index (χ4v) is 2.48. The molecule has 0 aliphatic carbocycles. The van der Waals surface area contributed by atoms with Crippen LogP contribution in [0, 0.1) is 21.8 Å². The second kappa shape index (κ2) is 9.10. The fourth-order valence-electron chi connectivity index (χ4n) is 2.48. The standard InChI is InChI=1S/C17H24FN3O4/c1-5-20(6-2)17(23)14(9-11(3)4)19-16(22)12-7-8-13(18)15(10-12)21(24)25/h7-8,10-11,14H,5-6,9H2,1-4H3,(H,19,22)/t14-/m1/s1. The summed E-state index contributed by atoms with van der Waals surface area (Å²) in [5.74, 6) is -1.70. The van der Waals surface area contributed by atoms with Crippen LogP contribution in [0.5, 0.6) is 0 Å². The number of nitro groups is 1. The summed E-state index contributed by atoms with van der Waals surface area (Å²) in [5, 5.41) is 13.4. The van der Waals surface area contributed by atoms with Gasteiger partial charge >= 0.3 is 5.69 Å². The zero-order chi connectivity index (χ0) is 19.1. The van der Waals surface area contributed by atoms with E-state index in [1.807, 2.05) is 27.7 Å². The van der Waals surface area contributed by atoms with E-state index in [-0.39, 0.29) is 17.4 Å². The van der Waals surface area contributed by atoms with Crippen molar-refractivity contribution in [3.05, 3.63) is 39.7 Å². The molecule has 0 spiro atoms. The molecule has 1 rings (SSSR count). The molecule has 0 bridgehead atoms. The summed E-state index contributed by atoms with van der Waals surface area (Å²) in [5.41, 5.74) is -0.836. The maximum absolute atomic E-state index is 13.4. The van der Waals surface area contributed by atoms with Gasteiger partial charge in [-0.2, -0.15) is 4.39 Å². The van der Waals surface area contributed by atoms with Crippen LogP contribution in [-0.2, 0) is 4.79 Å². The number of nitrogens with zero attached hydrogens (tertiary/aromatic N) is 2. The van der Waals surface area contributed by atoms with Crippen molar-refractivity contribution in [3.63, 3.8) is 0 Å². The van der Waals surface area contributed by atoms with E-state index in [1.54, 1.807) is 4.90 Å². The predicted molar refractivity (Wildman–Crippen MR) is 91.7 cm³/mol. The highest BCUT2D eigenvalue weighted by Gasteiger charge is 2.26. The minimum absolute atomic E-state index is 0.0609. The van der Waals surface area contributed by atoms with Crippen LogP contribution in [0.3, 0.4) is 0 Å². The highest BCUT2D eigenvalue weighted by Crippen LogP contribution is 2.19. The third-order valence-corrected chi connectivity index (χ3v) is 3.79. The molecule has 25 heavy (non-hydrogen) atoms. The van der Waals surface area contributed by atoms with Crippen LogP contribution >= 0.6 is 0 Å². The van der Waals surface area contributed by atoms with Gasteiger partial charge in [-0.25, -0.2) is 0 Å². The van der Waals surface area contributed by atoms with Crippen LogP contribution in [0.4, 0.5) is 10.1 Å². The average Bonchev–Trinajstić information content (AvgIpc) is 2.54. The Labute approximate surface area is 146 Å². The molecular formula is C17H24FN3O4. The van der Waals surface area contributed by atoms with E-state index in [2.05, 4.69) is 5.32 Å². The summed E-state index contributed by atoms with van der Waals surface area (Å²) in [6.07, 6.45) is 0.435. The van der Waals surface area contributed by atoms with Gasteiger partial charge in [0.05, 0.1) is 4.92 Å². The Kier molecular flexibility index (Phi) is 7.47. The molecule has 0 heterocycles. The molecule has 0 saturated heterocycles. The van der Waals surface area contributed by atoms with Crippen LogP contribution in [-0.4, -0.2) is 40.8 Å². The molecule has 0 fully saturated rings. The summed E-state index contributed by atoms with van der Waals surface area (Å²) in [4.78, 5) is 36.5. The highest BCUT2D eigenvalue weighted by molar-refractivity contribution is 5.98. The van der Waals surface area contributed by atoms with Gasteiger partial charge < -0.3 is 10.2 Å². The molecule has 1 aromatic rings. The summed E-state index contributed by atoms with van der Waals surface area (Å²) in [7, 11) is 0. The molecule has 1 N–H and O–H groups in total. The van der Waals surface area contributed by atoms with E-state index < -0.39 is 28.4 Å². The molecule has 1 aromatic carbocycles. The molecule has 0 aliphatic rings. The van der Waals surface area contributed by atoms with Gasteiger partial charge in [0, 0.05) is 24.7 Å². The highest BCUT2D eigenvalue weighted by atomic mass is 19.1. The molecule has 8 heteroatoms.